The molecule has 1 unspecified atom stereocenters. The van der Waals surface area contributed by atoms with Crippen molar-refractivity contribution in [2.24, 2.45) is 0 Å². The maximum absolute atomic E-state index is 12.8. The average molecular weight is 257 g/mol. The lowest BCUT2D eigenvalue weighted by atomic mass is 10.2. The Bertz CT molecular complexity index is 439. The second kappa shape index (κ2) is 5.02. The van der Waals surface area contributed by atoms with Crippen molar-refractivity contribution in [3.63, 3.8) is 0 Å². The number of nitrogens with one attached hydrogen (secondary N) is 1. The van der Waals surface area contributed by atoms with Crippen LogP contribution in [0.2, 0.25) is 5.02 Å². The van der Waals surface area contributed by atoms with E-state index in [4.69, 9.17) is 11.6 Å². The summed E-state index contributed by atoms with van der Waals surface area (Å²) >= 11 is 5.90. The topological polar surface area (TPSA) is 32.3 Å². The highest BCUT2D eigenvalue weighted by atomic mass is 35.5. The molecule has 2 rings (SSSR count). The van der Waals surface area contributed by atoms with Gasteiger partial charge in [0.1, 0.15) is 5.82 Å². The van der Waals surface area contributed by atoms with Gasteiger partial charge in [0.15, 0.2) is 0 Å². The second-order valence-electron chi connectivity index (χ2n) is 4.22. The molecule has 92 valence electrons. The summed E-state index contributed by atoms with van der Waals surface area (Å²) in [6, 6.07) is 4.13. The number of likely N-dealkylation sites (N-methyl/N-ethyl adjacent to an activating group) is 1. The molecule has 0 aliphatic carbocycles. The Hall–Kier alpha value is -1.13. The van der Waals surface area contributed by atoms with Gasteiger partial charge in [-0.15, -0.1) is 0 Å². The van der Waals surface area contributed by atoms with Crippen LogP contribution in [0.3, 0.4) is 0 Å². The molecular weight excluding hydrogens is 243 g/mol. The number of carbonyl (C=O) groups is 1. The predicted octanol–water partition coefficient (Wildman–Crippen LogP) is 1.80. The number of benzene rings is 1. The van der Waals surface area contributed by atoms with Crippen LogP contribution in [0, 0.1) is 5.82 Å². The van der Waals surface area contributed by atoms with Crippen LogP contribution in [0.5, 0.6) is 0 Å². The van der Waals surface area contributed by atoms with E-state index in [1.165, 1.54) is 12.1 Å². The van der Waals surface area contributed by atoms with Crippen molar-refractivity contribution in [1.82, 2.24) is 10.2 Å². The van der Waals surface area contributed by atoms with Crippen molar-refractivity contribution in [2.75, 3.05) is 13.6 Å². The zero-order valence-corrected chi connectivity index (χ0v) is 10.3. The van der Waals surface area contributed by atoms with Gasteiger partial charge in [-0.3, -0.25) is 4.79 Å². The van der Waals surface area contributed by atoms with E-state index in [0.29, 0.717) is 11.6 Å². The Labute approximate surface area is 105 Å². The maximum Gasteiger partial charge on any atom is 0.239 e. The summed E-state index contributed by atoms with van der Waals surface area (Å²) in [5.74, 6) is -0.251. The van der Waals surface area contributed by atoms with Gasteiger partial charge in [0.05, 0.1) is 6.04 Å². The number of nitrogens with zero attached hydrogens (tertiary/aromatic N) is 1. The standard InChI is InChI=1S/C12H14ClFN2O/c1-16-5-4-11(12(16)17)15-7-8-2-3-9(14)6-10(8)13/h2-3,6,11,15H,4-5,7H2,1H3. The van der Waals surface area contributed by atoms with Crippen molar-refractivity contribution in [3.05, 3.63) is 34.6 Å². The van der Waals surface area contributed by atoms with Crippen molar-refractivity contribution >= 4 is 17.5 Å². The number of halogens is 2. The zero-order valence-electron chi connectivity index (χ0n) is 9.54. The minimum atomic E-state index is -0.351. The van der Waals surface area contributed by atoms with Crippen molar-refractivity contribution in [1.29, 1.82) is 0 Å². The number of carbonyl (C=O) groups excluding carboxylic acids is 1. The zero-order chi connectivity index (χ0) is 12.4. The molecule has 1 N–H and O–H groups in total. The van der Waals surface area contributed by atoms with Gasteiger partial charge < -0.3 is 10.2 Å². The van der Waals surface area contributed by atoms with Crippen molar-refractivity contribution in [2.45, 2.75) is 19.0 Å². The molecule has 5 heteroatoms. The van der Waals surface area contributed by atoms with Crippen molar-refractivity contribution < 1.29 is 9.18 Å². The van der Waals surface area contributed by atoms with Crippen LogP contribution in [-0.4, -0.2) is 30.4 Å². The summed E-state index contributed by atoms with van der Waals surface area (Å²) in [5, 5.41) is 3.53. The van der Waals surface area contributed by atoms with Gasteiger partial charge in [0.2, 0.25) is 5.91 Å². The van der Waals surface area contributed by atoms with Gasteiger partial charge in [0, 0.05) is 25.2 Å². The third kappa shape index (κ3) is 2.76. The van der Waals surface area contributed by atoms with Crippen LogP contribution < -0.4 is 5.32 Å². The van der Waals surface area contributed by atoms with Gasteiger partial charge >= 0.3 is 0 Å². The van der Waals surface area contributed by atoms with Crippen LogP contribution in [0.1, 0.15) is 12.0 Å². The first kappa shape index (κ1) is 12.3. The second-order valence-corrected chi connectivity index (χ2v) is 4.62. The van der Waals surface area contributed by atoms with E-state index in [2.05, 4.69) is 5.32 Å². The fourth-order valence-corrected chi connectivity index (χ4v) is 2.14. The Morgan fingerprint density at radius 2 is 2.35 bits per heavy atom. The summed E-state index contributed by atoms with van der Waals surface area (Å²) in [6.45, 7) is 1.25. The number of rotatable bonds is 3. The first-order valence-corrected chi connectivity index (χ1v) is 5.88. The minimum Gasteiger partial charge on any atom is -0.344 e. The Morgan fingerprint density at radius 3 is 2.94 bits per heavy atom. The monoisotopic (exact) mass is 256 g/mol. The van der Waals surface area contributed by atoms with E-state index >= 15 is 0 Å². The molecule has 1 aliphatic rings. The van der Waals surface area contributed by atoms with E-state index in [-0.39, 0.29) is 17.8 Å². The SMILES string of the molecule is CN1CCC(NCc2ccc(F)cc2Cl)C1=O. The first-order chi connectivity index (χ1) is 8.08. The van der Waals surface area contributed by atoms with Crippen LogP contribution in [0.15, 0.2) is 18.2 Å². The Balaban J connectivity index is 1.96. The fourth-order valence-electron chi connectivity index (χ4n) is 1.91. The largest absolute Gasteiger partial charge is 0.344 e. The summed E-state index contributed by atoms with van der Waals surface area (Å²) in [4.78, 5) is 13.3. The molecule has 0 aromatic heterocycles. The molecule has 3 nitrogen and oxygen atoms in total. The highest BCUT2D eigenvalue weighted by Gasteiger charge is 2.28. The lowest BCUT2D eigenvalue weighted by molar-refractivity contribution is -0.128. The van der Waals surface area contributed by atoms with Crippen LogP contribution >= 0.6 is 11.6 Å². The van der Waals surface area contributed by atoms with Gasteiger partial charge in [-0.1, -0.05) is 17.7 Å². The molecular formula is C12H14ClFN2O. The highest BCUT2D eigenvalue weighted by Crippen LogP contribution is 2.18. The molecule has 1 atom stereocenters. The van der Waals surface area contributed by atoms with Gasteiger partial charge in [-0.25, -0.2) is 4.39 Å². The maximum atomic E-state index is 12.8. The smallest absolute Gasteiger partial charge is 0.239 e. The highest BCUT2D eigenvalue weighted by molar-refractivity contribution is 6.31. The molecule has 0 spiro atoms. The first-order valence-electron chi connectivity index (χ1n) is 5.50. The van der Waals surface area contributed by atoms with Gasteiger partial charge in [-0.05, 0) is 24.1 Å². The number of amides is 1. The lowest BCUT2D eigenvalue weighted by Crippen LogP contribution is -2.36. The molecule has 1 aromatic carbocycles. The Kier molecular flexibility index (Phi) is 3.64. The summed E-state index contributed by atoms with van der Waals surface area (Å²) < 4.78 is 12.8. The summed E-state index contributed by atoms with van der Waals surface area (Å²) in [5.41, 5.74) is 0.801. The number of likely N-dealkylation sites (tertiary alicyclic amines) is 1. The predicted molar refractivity (Wildman–Crippen MR) is 64.3 cm³/mol. The third-order valence-corrected chi connectivity index (χ3v) is 3.33. The van der Waals surface area contributed by atoms with Crippen LogP contribution in [0.25, 0.3) is 0 Å². The summed E-state index contributed by atoms with van der Waals surface area (Å²) in [7, 11) is 1.79. The molecule has 1 saturated heterocycles. The average Bonchev–Trinajstić information content (AvgIpc) is 2.59. The van der Waals surface area contributed by atoms with E-state index in [1.807, 2.05) is 0 Å². The third-order valence-electron chi connectivity index (χ3n) is 2.98. The van der Waals surface area contributed by atoms with E-state index < -0.39 is 0 Å². The van der Waals surface area contributed by atoms with E-state index in [0.717, 1.165) is 18.5 Å². The molecule has 1 aliphatic heterocycles. The van der Waals surface area contributed by atoms with Crippen molar-refractivity contribution in [3.8, 4) is 0 Å². The van der Waals surface area contributed by atoms with Gasteiger partial charge in [-0.2, -0.15) is 0 Å². The molecule has 0 radical (unpaired) electrons. The molecule has 1 aromatic rings. The van der Waals surface area contributed by atoms with Crippen LogP contribution in [-0.2, 0) is 11.3 Å². The fraction of sp³-hybridized carbons (Fsp3) is 0.417. The minimum absolute atomic E-state index is 0.100. The van der Waals surface area contributed by atoms with Crippen LogP contribution in [0.4, 0.5) is 4.39 Å². The molecule has 1 heterocycles. The number of hydrogen-bond acceptors (Lipinski definition) is 2. The molecule has 0 saturated carbocycles. The number of hydrogen-bond donors (Lipinski definition) is 1. The Morgan fingerprint density at radius 1 is 1.59 bits per heavy atom. The van der Waals surface area contributed by atoms with E-state index in [1.54, 1.807) is 18.0 Å². The molecule has 1 amide bonds. The molecule has 0 bridgehead atoms. The normalized spacial score (nSPS) is 20.1. The molecule has 17 heavy (non-hydrogen) atoms. The lowest BCUT2D eigenvalue weighted by Gasteiger charge is -2.12. The summed E-state index contributed by atoms with van der Waals surface area (Å²) in [6.07, 6.45) is 0.800. The molecule has 1 fully saturated rings. The van der Waals surface area contributed by atoms with E-state index in [9.17, 15) is 9.18 Å². The van der Waals surface area contributed by atoms with Gasteiger partial charge in [0.25, 0.3) is 0 Å². The quantitative estimate of drug-likeness (QED) is 0.895.